The van der Waals surface area contributed by atoms with Crippen molar-refractivity contribution in [1.82, 2.24) is 30.1 Å². The van der Waals surface area contributed by atoms with Crippen LogP contribution in [0.3, 0.4) is 0 Å². The molecule has 15 heteroatoms. The Balaban J connectivity index is 0.810. The number of halogens is 1. The van der Waals surface area contributed by atoms with E-state index in [1.54, 1.807) is 18.3 Å². The van der Waals surface area contributed by atoms with Crippen LogP contribution in [0.5, 0.6) is 17.5 Å². The predicted molar refractivity (Wildman–Crippen MR) is 258 cm³/mol. The van der Waals surface area contributed by atoms with Crippen LogP contribution in [0.4, 0.5) is 20.7 Å². The fraction of sp³-hybridized carbons (Fsp3) is 0.365. The SMILES string of the molecule is C#Cc1cccc2cccc(-c3ncc4c(N5CC6CCC(C5)N6)nc(OCC5(CN6CCN(Cc7ccc(N(C(=N)c8cc(C(C)C)c(O)cc8O)C(N)=O)cc7)CC6)CC5)nc4c3F)c12. The first-order chi connectivity index (χ1) is 32.4. The molecule has 2 unspecified atom stereocenters. The second-order valence-electron chi connectivity index (χ2n) is 19.0. The van der Waals surface area contributed by atoms with Crippen LogP contribution < -0.4 is 25.6 Å². The summed E-state index contributed by atoms with van der Waals surface area (Å²) in [5.41, 5.74) is 9.45. The summed E-state index contributed by atoms with van der Waals surface area (Å²) in [6.07, 6.45) is 11.8. The number of benzene rings is 4. The van der Waals surface area contributed by atoms with Crippen LogP contribution >= 0.6 is 0 Å². The average molecular weight is 903 g/mol. The van der Waals surface area contributed by atoms with Crippen molar-refractivity contribution in [2.75, 3.05) is 62.2 Å². The fourth-order valence-corrected chi connectivity index (χ4v) is 10.2. The number of nitrogens with zero attached hydrogens (tertiary/aromatic N) is 7. The minimum atomic E-state index is -0.861. The second kappa shape index (κ2) is 17.7. The molecule has 1 saturated carbocycles. The van der Waals surface area contributed by atoms with E-state index in [0.717, 1.165) is 92.7 Å². The molecule has 14 nitrogen and oxygen atoms in total. The molecule has 0 radical (unpaired) electrons. The number of nitrogens with two attached hydrogens (primary N) is 1. The molecule has 4 aromatic carbocycles. The topological polar surface area (TPSA) is 180 Å². The van der Waals surface area contributed by atoms with E-state index in [4.69, 9.17) is 37.3 Å². The lowest BCUT2D eigenvalue weighted by Gasteiger charge is -2.36. The van der Waals surface area contributed by atoms with Gasteiger partial charge in [0.15, 0.2) is 5.82 Å². The number of urea groups is 1. The highest BCUT2D eigenvalue weighted by atomic mass is 19.1. The Hall–Kier alpha value is -6.86. The summed E-state index contributed by atoms with van der Waals surface area (Å²) in [5.74, 6) is 2.13. The third-order valence-electron chi connectivity index (χ3n) is 14.0. The molecule has 3 aliphatic heterocycles. The van der Waals surface area contributed by atoms with Gasteiger partial charge in [0.1, 0.15) is 34.4 Å². The largest absolute Gasteiger partial charge is 0.508 e. The molecule has 1 aliphatic carbocycles. The summed E-state index contributed by atoms with van der Waals surface area (Å²) in [6, 6.07) is 21.5. The molecule has 2 atom stereocenters. The van der Waals surface area contributed by atoms with Crippen LogP contribution in [0.1, 0.15) is 67.7 Å². The Bertz CT molecular complexity index is 2930. The molecular formula is C52H55FN10O4. The first kappa shape index (κ1) is 44.0. The molecule has 2 amide bonds. The number of aromatic nitrogens is 3. The van der Waals surface area contributed by atoms with Crippen LogP contribution in [0.25, 0.3) is 32.9 Å². The zero-order valence-electron chi connectivity index (χ0n) is 37.8. The highest BCUT2D eigenvalue weighted by molar-refractivity contribution is 6.22. The molecule has 10 rings (SSSR count). The molecule has 5 heterocycles. The van der Waals surface area contributed by atoms with Gasteiger partial charge >= 0.3 is 12.0 Å². The standard InChI is InChI=1S/C52H55FN10O4/c1-4-33-7-5-8-34-9-6-10-38(44(33)34)46-45(53)47-41(25-56-46)49(62-27-35-13-14-36(28-62)57-35)59-51(58-47)67-30-52(17-18-52)29-61-21-19-60(20-22-61)26-32-11-15-37(16-12-32)63(50(55)66)48(54)40-23-39(31(2)3)42(64)24-43(40)65/h1,5-12,15-16,23-25,31,35-36,54,57,64-65H,13-14,17-22,26-30H2,2-3H3,(H2,55,66). The minimum absolute atomic E-state index is 0.0472. The lowest BCUT2D eigenvalue weighted by molar-refractivity contribution is 0.0920. The number of fused-ring (bicyclic) bond motifs is 4. The number of piperazine rings is 2. The van der Waals surface area contributed by atoms with Crippen molar-refractivity contribution in [3.63, 3.8) is 0 Å². The highest BCUT2D eigenvalue weighted by Gasteiger charge is 2.45. The number of hydrogen-bond acceptors (Lipinski definition) is 12. The Morgan fingerprint density at radius 1 is 1.00 bits per heavy atom. The third kappa shape index (κ3) is 8.68. The maximum Gasteiger partial charge on any atom is 0.325 e. The first-order valence-corrected chi connectivity index (χ1v) is 23.1. The molecule has 6 N–H and O–H groups in total. The van der Waals surface area contributed by atoms with Crippen LogP contribution in [0.2, 0.25) is 0 Å². The molecule has 4 aliphatic rings. The highest BCUT2D eigenvalue weighted by Crippen LogP contribution is 2.47. The summed E-state index contributed by atoms with van der Waals surface area (Å²) in [4.78, 5) is 35.3. The number of aromatic hydroxyl groups is 2. The number of terminal acetylenes is 1. The summed E-state index contributed by atoms with van der Waals surface area (Å²) >= 11 is 0. The van der Waals surface area contributed by atoms with E-state index >= 15 is 4.39 Å². The number of amides is 2. The number of ether oxygens (including phenoxy) is 1. The predicted octanol–water partition coefficient (Wildman–Crippen LogP) is 7.33. The number of phenolic OH excluding ortho intramolecular Hbond substituents is 2. The quantitative estimate of drug-likeness (QED) is 0.0472. The third-order valence-corrected chi connectivity index (χ3v) is 14.0. The molecular weight excluding hydrogens is 848 g/mol. The number of anilines is 2. The Labute approximate surface area is 389 Å². The van der Waals surface area contributed by atoms with Gasteiger partial charge in [-0.1, -0.05) is 62.2 Å². The summed E-state index contributed by atoms with van der Waals surface area (Å²) in [7, 11) is 0. The lowest BCUT2D eigenvalue weighted by atomic mass is 9.97. The van der Waals surface area contributed by atoms with Gasteiger partial charge in [0.2, 0.25) is 0 Å². The van der Waals surface area contributed by atoms with Gasteiger partial charge in [-0.05, 0) is 72.4 Å². The molecule has 344 valence electrons. The van der Waals surface area contributed by atoms with Crippen molar-refractivity contribution in [3.05, 3.63) is 107 Å². The summed E-state index contributed by atoms with van der Waals surface area (Å²) < 4.78 is 23.6. The first-order valence-electron chi connectivity index (χ1n) is 23.1. The normalized spacial score (nSPS) is 19.2. The van der Waals surface area contributed by atoms with Crippen molar-refractivity contribution in [3.8, 4) is 41.1 Å². The van der Waals surface area contributed by atoms with Gasteiger partial charge in [-0.3, -0.25) is 15.3 Å². The summed E-state index contributed by atoms with van der Waals surface area (Å²) in [6.45, 7) is 10.8. The fourth-order valence-electron chi connectivity index (χ4n) is 10.2. The number of primary amides is 1. The van der Waals surface area contributed by atoms with E-state index in [1.165, 1.54) is 12.1 Å². The van der Waals surface area contributed by atoms with Crippen molar-refractivity contribution in [2.24, 2.45) is 11.1 Å². The number of amidine groups is 1. The van der Waals surface area contributed by atoms with Gasteiger partial charge in [-0.15, -0.1) is 6.42 Å². The maximum atomic E-state index is 17.1. The smallest absolute Gasteiger partial charge is 0.325 e. The number of nitrogens with one attached hydrogen (secondary N) is 2. The van der Waals surface area contributed by atoms with Crippen molar-refractivity contribution in [2.45, 2.75) is 64.1 Å². The van der Waals surface area contributed by atoms with E-state index < -0.39 is 11.8 Å². The van der Waals surface area contributed by atoms with Gasteiger partial charge in [-0.25, -0.2) is 14.1 Å². The van der Waals surface area contributed by atoms with Gasteiger partial charge in [-0.2, -0.15) is 9.97 Å². The maximum absolute atomic E-state index is 17.1. The number of pyridine rings is 1. The van der Waals surface area contributed by atoms with E-state index in [-0.39, 0.29) is 51.5 Å². The van der Waals surface area contributed by atoms with Gasteiger partial charge in [0, 0.05) is 98.6 Å². The van der Waals surface area contributed by atoms with E-state index in [1.807, 2.05) is 62.4 Å². The number of carbonyl (C=O) groups is 1. The van der Waals surface area contributed by atoms with E-state index in [9.17, 15) is 15.0 Å². The molecule has 3 saturated heterocycles. The minimum Gasteiger partial charge on any atom is -0.508 e. The van der Waals surface area contributed by atoms with Gasteiger partial charge < -0.3 is 35.8 Å². The van der Waals surface area contributed by atoms with Crippen LogP contribution in [-0.4, -0.2) is 111 Å². The zero-order chi connectivity index (χ0) is 46.6. The lowest BCUT2D eigenvalue weighted by Crippen LogP contribution is -2.51. The molecule has 0 spiro atoms. The molecule has 67 heavy (non-hydrogen) atoms. The average Bonchev–Trinajstić information content (AvgIpc) is 4.01. The van der Waals surface area contributed by atoms with Crippen LogP contribution in [0, 0.1) is 29.0 Å². The zero-order valence-corrected chi connectivity index (χ0v) is 37.8. The number of hydrogen-bond donors (Lipinski definition) is 5. The van der Waals surface area contributed by atoms with Gasteiger partial charge in [0.25, 0.3) is 0 Å². The van der Waals surface area contributed by atoms with Crippen molar-refractivity contribution in [1.29, 1.82) is 5.41 Å². The van der Waals surface area contributed by atoms with Crippen LogP contribution in [-0.2, 0) is 6.54 Å². The van der Waals surface area contributed by atoms with Crippen molar-refractivity contribution >= 4 is 45.0 Å². The van der Waals surface area contributed by atoms with E-state index in [0.29, 0.717) is 58.8 Å². The van der Waals surface area contributed by atoms with Crippen LogP contribution in [0.15, 0.2) is 79.0 Å². The Morgan fingerprint density at radius 2 is 1.70 bits per heavy atom. The number of carbonyl (C=O) groups excluding carboxylic acids is 1. The Morgan fingerprint density at radius 3 is 2.37 bits per heavy atom. The van der Waals surface area contributed by atoms with Crippen molar-refractivity contribution < 1.29 is 24.1 Å². The molecule has 2 bridgehead atoms. The molecule has 4 fully saturated rings. The monoisotopic (exact) mass is 902 g/mol. The second-order valence-corrected chi connectivity index (χ2v) is 19.0. The molecule has 2 aromatic heterocycles. The number of rotatable bonds is 12. The summed E-state index contributed by atoms with van der Waals surface area (Å²) in [5, 5.41) is 35.6. The molecule has 6 aromatic rings. The van der Waals surface area contributed by atoms with E-state index in [2.05, 4.69) is 25.9 Å². The van der Waals surface area contributed by atoms with Gasteiger partial charge in [0.05, 0.1) is 23.2 Å². The Kier molecular flexibility index (Phi) is 11.7. The number of phenols is 2.